The Morgan fingerprint density at radius 2 is 1.65 bits per heavy atom. The van der Waals surface area contributed by atoms with Crippen LogP contribution in [0.5, 0.6) is 5.75 Å². The van der Waals surface area contributed by atoms with Crippen LogP contribution >= 0.6 is 0 Å². The highest BCUT2D eigenvalue weighted by atomic mass is 16.6. The van der Waals surface area contributed by atoms with Crippen LogP contribution in [0.1, 0.15) is 34.9 Å². The van der Waals surface area contributed by atoms with Crippen molar-refractivity contribution in [2.45, 2.75) is 25.0 Å². The highest BCUT2D eigenvalue weighted by molar-refractivity contribution is 6.03. The number of phenolic OH excluding ortho intramolecular Hbond substituents is 1. The van der Waals surface area contributed by atoms with Crippen LogP contribution in [0.3, 0.4) is 0 Å². The number of amides is 2. The fourth-order valence-corrected chi connectivity index (χ4v) is 3.63. The quantitative estimate of drug-likeness (QED) is 0.397. The van der Waals surface area contributed by atoms with Crippen LogP contribution < -0.4 is 5.32 Å². The van der Waals surface area contributed by atoms with Crippen molar-refractivity contribution in [2.24, 2.45) is 0 Å². The van der Waals surface area contributed by atoms with Gasteiger partial charge in [0.25, 0.3) is 5.91 Å². The summed E-state index contributed by atoms with van der Waals surface area (Å²) in [6, 6.07) is 18.5. The normalized spacial score (nSPS) is 12.9. The highest BCUT2D eigenvalue weighted by Gasteiger charge is 2.29. The zero-order valence-electron chi connectivity index (χ0n) is 18.5. The number of carboxylic acids is 1. The number of fused-ring (bicyclic) bond motifs is 1. The number of aromatic hydroxyl groups is 1. The lowest BCUT2D eigenvalue weighted by molar-refractivity contribution is -0.131. The number of phenols is 1. The molecule has 3 N–H and O–H groups in total. The van der Waals surface area contributed by atoms with Gasteiger partial charge in [-0.25, -0.2) is 9.59 Å². The number of imide groups is 1. The zero-order chi connectivity index (χ0) is 24.5. The number of aliphatic carboxylic acids is 1. The van der Waals surface area contributed by atoms with Crippen LogP contribution in [0.4, 0.5) is 4.79 Å². The van der Waals surface area contributed by atoms with Gasteiger partial charge in [-0.15, -0.1) is 0 Å². The molecule has 0 saturated carbocycles. The molecule has 3 aromatic carbocycles. The lowest BCUT2D eigenvalue weighted by atomic mass is 9.94. The van der Waals surface area contributed by atoms with Crippen LogP contribution in [0.25, 0.3) is 10.8 Å². The number of carboxylic acid groups (broad SMARTS) is 1. The van der Waals surface area contributed by atoms with Crippen molar-refractivity contribution in [3.8, 4) is 5.75 Å². The average molecular weight is 463 g/mol. The van der Waals surface area contributed by atoms with E-state index in [0.29, 0.717) is 34.7 Å². The molecule has 0 aliphatic rings. The Bertz CT molecular complexity index is 1190. The number of nitrogens with one attached hydrogen (secondary N) is 1. The number of carbonyl (C=O) groups excluding carboxylic acids is 2. The van der Waals surface area contributed by atoms with Crippen molar-refractivity contribution >= 4 is 28.7 Å². The number of benzene rings is 3. The second kappa shape index (κ2) is 11.6. The molecule has 0 saturated heterocycles. The Morgan fingerprint density at radius 1 is 0.971 bits per heavy atom. The van der Waals surface area contributed by atoms with E-state index in [1.807, 2.05) is 0 Å². The highest BCUT2D eigenvalue weighted by Crippen LogP contribution is 2.35. The van der Waals surface area contributed by atoms with Crippen LogP contribution in [0, 0.1) is 0 Å². The molecule has 176 valence electrons. The second-order valence-corrected chi connectivity index (χ2v) is 7.46. The molecular weight excluding hydrogens is 438 g/mol. The van der Waals surface area contributed by atoms with Crippen molar-refractivity contribution in [2.75, 3.05) is 7.11 Å². The SMILES string of the molecule is CO[C@@H](CC/C=C/C(=O)O)[C@@H](OC(=O)NC(=O)c1ccccc1)c1ccc(O)c2ccccc12. The summed E-state index contributed by atoms with van der Waals surface area (Å²) in [7, 11) is 1.46. The predicted molar refractivity (Wildman–Crippen MR) is 126 cm³/mol. The van der Waals surface area contributed by atoms with Gasteiger partial charge in [0.1, 0.15) is 5.75 Å². The smallest absolute Gasteiger partial charge is 0.414 e. The van der Waals surface area contributed by atoms with Gasteiger partial charge in [-0.2, -0.15) is 0 Å². The third kappa shape index (κ3) is 6.20. The van der Waals surface area contributed by atoms with Crippen LogP contribution in [0.2, 0.25) is 0 Å². The molecule has 2 amide bonds. The van der Waals surface area contributed by atoms with E-state index in [-0.39, 0.29) is 5.75 Å². The Labute approximate surface area is 196 Å². The Morgan fingerprint density at radius 3 is 2.32 bits per heavy atom. The van der Waals surface area contributed by atoms with Gasteiger partial charge in [-0.3, -0.25) is 10.1 Å². The maximum absolute atomic E-state index is 12.7. The number of carbonyl (C=O) groups is 3. The number of hydrogen-bond donors (Lipinski definition) is 3. The first-order valence-electron chi connectivity index (χ1n) is 10.6. The summed E-state index contributed by atoms with van der Waals surface area (Å²) < 4.78 is 11.3. The van der Waals surface area contributed by atoms with E-state index in [0.717, 1.165) is 6.08 Å². The maximum Gasteiger partial charge on any atom is 0.414 e. The first kappa shape index (κ1) is 24.5. The van der Waals surface area contributed by atoms with Gasteiger partial charge in [0.2, 0.25) is 0 Å². The van der Waals surface area contributed by atoms with Gasteiger partial charge in [-0.05, 0) is 36.4 Å². The van der Waals surface area contributed by atoms with Crippen molar-refractivity contribution in [1.29, 1.82) is 0 Å². The molecule has 0 unspecified atom stereocenters. The molecule has 0 heterocycles. The van der Waals surface area contributed by atoms with Gasteiger partial charge in [-0.1, -0.05) is 54.6 Å². The largest absolute Gasteiger partial charge is 0.507 e. The minimum absolute atomic E-state index is 0.0696. The summed E-state index contributed by atoms with van der Waals surface area (Å²) in [5.41, 5.74) is 0.873. The van der Waals surface area contributed by atoms with Crippen molar-refractivity contribution in [3.63, 3.8) is 0 Å². The molecule has 0 aliphatic heterocycles. The summed E-state index contributed by atoms with van der Waals surface area (Å²) in [4.78, 5) is 35.9. The molecule has 0 radical (unpaired) electrons. The first-order valence-corrected chi connectivity index (χ1v) is 10.6. The number of hydrogen-bond acceptors (Lipinski definition) is 6. The van der Waals surface area contributed by atoms with Gasteiger partial charge in [0, 0.05) is 29.7 Å². The third-order valence-electron chi connectivity index (χ3n) is 5.25. The Hall–Kier alpha value is -4.17. The molecule has 0 aromatic heterocycles. The van der Waals surface area contributed by atoms with Crippen LogP contribution in [-0.2, 0) is 14.3 Å². The lowest BCUT2D eigenvalue weighted by Crippen LogP contribution is -2.35. The molecule has 8 heteroatoms. The molecule has 8 nitrogen and oxygen atoms in total. The predicted octanol–water partition coefficient (Wildman–Crippen LogP) is 4.59. The fraction of sp³-hybridized carbons (Fsp3) is 0.192. The monoisotopic (exact) mass is 463 g/mol. The van der Waals surface area contributed by atoms with Gasteiger partial charge >= 0.3 is 12.1 Å². The fourth-order valence-electron chi connectivity index (χ4n) is 3.63. The molecule has 2 atom stereocenters. The summed E-state index contributed by atoms with van der Waals surface area (Å²) in [6.07, 6.45) is 0.634. The number of rotatable bonds is 9. The molecule has 0 aliphatic carbocycles. The minimum atomic E-state index is -1.06. The molecule has 34 heavy (non-hydrogen) atoms. The summed E-state index contributed by atoms with van der Waals surface area (Å²) >= 11 is 0. The molecular formula is C26H25NO7. The number of methoxy groups -OCH3 is 1. The first-order chi connectivity index (χ1) is 16.4. The number of alkyl carbamates (subject to hydrolysis) is 1. The van der Waals surface area contributed by atoms with Crippen molar-refractivity contribution in [3.05, 3.63) is 90.0 Å². The molecule has 3 aromatic rings. The van der Waals surface area contributed by atoms with E-state index in [1.165, 1.54) is 19.3 Å². The van der Waals surface area contributed by atoms with Crippen LogP contribution in [0.15, 0.2) is 78.9 Å². The van der Waals surface area contributed by atoms with Gasteiger partial charge < -0.3 is 19.7 Å². The standard InChI is InChI=1S/C26H25NO7/c1-33-22(13-7-8-14-23(29)30)24(20-15-16-21(28)19-12-6-5-11-18(19)20)34-26(32)27-25(31)17-9-3-2-4-10-17/h2-6,8-12,14-16,22,24,28H,7,13H2,1H3,(H,29,30)(H,27,31,32)/b14-8+/t22-,24-/m0/s1. The Balaban J connectivity index is 1.90. The van der Waals surface area contributed by atoms with E-state index in [2.05, 4.69) is 5.32 Å². The summed E-state index contributed by atoms with van der Waals surface area (Å²) in [5.74, 6) is -1.61. The van der Waals surface area contributed by atoms with Gasteiger partial charge in [0.05, 0.1) is 6.10 Å². The molecule has 3 rings (SSSR count). The minimum Gasteiger partial charge on any atom is -0.507 e. The van der Waals surface area contributed by atoms with E-state index in [9.17, 15) is 19.5 Å². The third-order valence-corrected chi connectivity index (χ3v) is 5.25. The number of ether oxygens (including phenoxy) is 2. The summed E-state index contributed by atoms with van der Waals surface area (Å²) in [5, 5.41) is 22.5. The lowest BCUT2D eigenvalue weighted by Gasteiger charge is -2.27. The van der Waals surface area contributed by atoms with E-state index >= 15 is 0 Å². The number of allylic oxidation sites excluding steroid dienone is 1. The topological polar surface area (TPSA) is 122 Å². The van der Waals surface area contributed by atoms with Crippen molar-refractivity contribution < 1.29 is 34.1 Å². The van der Waals surface area contributed by atoms with E-state index < -0.39 is 30.2 Å². The molecule has 0 fully saturated rings. The maximum atomic E-state index is 12.7. The summed E-state index contributed by atoms with van der Waals surface area (Å²) in [6.45, 7) is 0. The van der Waals surface area contributed by atoms with Gasteiger partial charge in [0.15, 0.2) is 6.10 Å². The average Bonchev–Trinajstić information content (AvgIpc) is 2.84. The van der Waals surface area contributed by atoms with Crippen molar-refractivity contribution in [1.82, 2.24) is 5.32 Å². The Kier molecular flexibility index (Phi) is 8.37. The van der Waals surface area contributed by atoms with E-state index in [4.69, 9.17) is 14.6 Å². The van der Waals surface area contributed by atoms with Crippen LogP contribution in [-0.4, -0.2) is 41.4 Å². The molecule has 0 spiro atoms. The van der Waals surface area contributed by atoms with E-state index in [1.54, 1.807) is 60.7 Å². The second-order valence-electron chi connectivity index (χ2n) is 7.46. The zero-order valence-corrected chi connectivity index (χ0v) is 18.5. The molecule has 0 bridgehead atoms.